The Kier molecular flexibility index (Phi) is 6.67. The molecule has 0 atom stereocenters. The molecular weight excluding hydrogens is 440 g/mol. The number of nitrogens with zero attached hydrogens (tertiary/aromatic N) is 3. The molecule has 1 aliphatic heterocycles. The van der Waals surface area contributed by atoms with E-state index in [1.165, 1.54) is 16.9 Å². The number of sulfonamides is 1. The third kappa shape index (κ3) is 5.35. The quantitative estimate of drug-likeness (QED) is 0.532. The van der Waals surface area contributed by atoms with Crippen LogP contribution in [-0.4, -0.2) is 54.7 Å². The summed E-state index contributed by atoms with van der Waals surface area (Å²) in [5.74, 6) is 4.42. The molecule has 9 heteroatoms. The number of hydrogen-bond acceptors (Lipinski definition) is 7. The van der Waals surface area contributed by atoms with Crippen LogP contribution in [0.1, 0.15) is 25.3 Å². The highest BCUT2D eigenvalue weighted by Gasteiger charge is 2.27. The molecule has 8 nitrogen and oxygen atoms in total. The van der Waals surface area contributed by atoms with Crippen LogP contribution in [-0.2, 0) is 10.0 Å². The van der Waals surface area contributed by atoms with Crippen molar-refractivity contribution in [3.63, 3.8) is 0 Å². The van der Waals surface area contributed by atoms with Crippen LogP contribution in [0.15, 0.2) is 42.7 Å². The maximum Gasteiger partial charge on any atom is 0.211 e. The van der Waals surface area contributed by atoms with E-state index in [9.17, 15) is 8.42 Å². The number of terminal acetylenes is 1. The number of aromatic nitrogens is 2. The SMILES string of the molecule is C#Cc1cccc(Nc2ncnc3cc(OCC)c(OC4CCN(S(C)(=O)=O)CC4)cc23)c1. The van der Waals surface area contributed by atoms with Gasteiger partial charge in [-0.2, -0.15) is 0 Å². The number of hydrogen-bond donors (Lipinski definition) is 1. The van der Waals surface area contributed by atoms with Crippen LogP contribution >= 0.6 is 0 Å². The number of fused-ring (bicyclic) bond motifs is 1. The van der Waals surface area contributed by atoms with Crippen molar-refractivity contribution in [2.45, 2.75) is 25.9 Å². The number of nitrogens with one attached hydrogen (secondary N) is 1. The van der Waals surface area contributed by atoms with Crippen molar-refractivity contribution in [2.75, 3.05) is 31.3 Å². The Hall–Kier alpha value is -3.35. The monoisotopic (exact) mass is 466 g/mol. The topological polar surface area (TPSA) is 93.7 Å². The summed E-state index contributed by atoms with van der Waals surface area (Å²) in [7, 11) is -3.19. The van der Waals surface area contributed by atoms with Crippen LogP contribution in [0.2, 0.25) is 0 Å². The van der Waals surface area contributed by atoms with Gasteiger partial charge in [0.15, 0.2) is 11.5 Å². The zero-order chi connectivity index (χ0) is 23.4. The molecule has 1 saturated heterocycles. The zero-order valence-electron chi connectivity index (χ0n) is 18.6. The van der Waals surface area contributed by atoms with Crippen molar-refractivity contribution in [2.24, 2.45) is 0 Å². The lowest BCUT2D eigenvalue weighted by molar-refractivity contribution is 0.130. The second kappa shape index (κ2) is 9.65. The van der Waals surface area contributed by atoms with Crippen molar-refractivity contribution in [1.29, 1.82) is 0 Å². The summed E-state index contributed by atoms with van der Waals surface area (Å²) in [5, 5.41) is 4.08. The number of ether oxygens (including phenoxy) is 2. The van der Waals surface area contributed by atoms with Crippen molar-refractivity contribution in [3.8, 4) is 23.8 Å². The smallest absolute Gasteiger partial charge is 0.211 e. The van der Waals surface area contributed by atoms with Crippen LogP contribution in [0.3, 0.4) is 0 Å². The van der Waals surface area contributed by atoms with Gasteiger partial charge in [0.05, 0.1) is 18.4 Å². The molecule has 0 saturated carbocycles. The molecule has 0 spiro atoms. The first-order chi connectivity index (χ1) is 15.9. The number of rotatable bonds is 7. The molecule has 33 heavy (non-hydrogen) atoms. The lowest BCUT2D eigenvalue weighted by Crippen LogP contribution is -2.41. The molecule has 0 bridgehead atoms. The minimum Gasteiger partial charge on any atom is -0.490 e. The average Bonchev–Trinajstić information content (AvgIpc) is 2.80. The van der Waals surface area contributed by atoms with E-state index in [0.29, 0.717) is 55.4 Å². The Bertz CT molecular complexity index is 1300. The maximum atomic E-state index is 11.8. The number of anilines is 2. The molecule has 0 unspecified atom stereocenters. The van der Waals surface area contributed by atoms with Gasteiger partial charge in [-0.05, 0) is 44.0 Å². The second-order valence-corrected chi connectivity index (χ2v) is 9.78. The highest BCUT2D eigenvalue weighted by atomic mass is 32.2. The van der Waals surface area contributed by atoms with Crippen LogP contribution in [0, 0.1) is 12.3 Å². The molecule has 2 aromatic carbocycles. The van der Waals surface area contributed by atoms with E-state index >= 15 is 0 Å². The Balaban J connectivity index is 1.63. The van der Waals surface area contributed by atoms with Crippen molar-refractivity contribution in [1.82, 2.24) is 14.3 Å². The number of piperidine rings is 1. The Morgan fingerprint density at radius 3 is 2.67 bits per heavy atom. The van der Waals surface area contributed by atoms with E-state index in [0.717, 1.165) is 16.6 Å². The molecule has 0 amide bonds. The van der Waals surface area contributed by atoms with Crippen molar-refractivity contribution >= 4 is 32.4 Å². The van der Waals surface area contributed by atoms with Gasteiger partial charge >= 0.3 is 0 Å². The third-order valence-electron chi connectivity index (χ3n) is 5.46. The Labute approximate surface area is 194 Å². The molecule has 0 aliphatic carbocycles. The van der Waals surface area contributed by atoms with Gasteiger partial charge in [-0.1, -0.05) is 12.0 Å². The van der Waals surface area contributed by atoms with E-state index in [4.69, 9.17) is 15.9 Å². The van der Waals surface area contributed by atoms with Crippen LogP contribution in [0.5, 0.6) is 11.5 Å². The molecule has 1 fully saturated rings. The molecule has 3 aromatic rings. The fourth-order valence-electron chi connectivity index (χ4n) is 3.81. The summed E-state index contributed by atoms with van der Waals surface area (Å²) in [6.07, 6.45) is 9.33. The van der Waals surface area contributed by atoms with E-state index in [1.807, 2.05) is 43.3 Å². The van der Waals surface area contributed by atoms with E-state index in [-0.39, 0.29) is 6.10 Å². The second-order valence-electron chi connectivity index (χ2n) is 7.80. The van der Waals surface area contributed by atoms with Gasteiger partial charge in [-0.15, -0.1) is 6.42 Å². The Morgan fingerprint density at radius 1 is 1.18 bits per heavy atom. The molecular formula is C24H26N4O4S. The summed E-state index contributed by atoms with van der Waals surface area (Å²) in [6, 6.07) is 11.2. The fraction of sp³-hybridized carbons (Fsp3) is 0.333. The molecule has 2 heterocycles. The van der Waals surface area contributed by atoms with Gasteiger partial charge in [0.25, 0.3) is 0 Å². The summed E-state index contributed by atoms with van der Waals surface area (Å²) < 4.78 is 37.2. The van der Waals surface area contributed by atoms with Gasteiger partial charge < -0.3 is 14.8 Å². The molecule has 1 aromatic heterocycles. The van der Waals surface area contributed by atoms with Gasteiger partial charge in [-0.3, -0.25) is 0 Å². The van der Waals surface area contributed by atoms with Gasteiger partial charge in [0.1, 0.15) is 18.2 Å². The van der Waals surface area contributed by atoms with Crippen LogP contribution in [0.25, 0.3) is 10.9 Å². The van der Waals surface area contributed by atoms with Gasteiger partial charge in [0.2, 0.25) is 10.0 Å². The highest BCUT2D eigenvalue weighted by Crippen LogP contribution is 2.36. The predicted octanol–water partition coefficient (Wildman–Crippen LogP) is 3.56. The summed E-state index contributed by atoms with van der Waals surface area (Å²) in [6.45, 7) is 3.25. The molecule has 4 rings (SSSR count). The molecule has 172 valence electrons. The summed E-state index contributed by atoms with van der Waals surface area (Å²) in [5.41, 5.74) is 2.29. The van der Waals surface area contributed by atoms with E-state index in [1.54, 1.807) is 0 Å². The average molecular weight is 467 g/mol. The van der Waals surface area contributed by atoms with E-state index in [2.05, 4.69) is 21.2 Å². The Morgan fingerprint density at radius 2 is 1.97 bits per heavy atom. The first-order valence-corrected chi connectivity index (χ1v) is 12.6. The fourth-order valence-corrected chi connectivity index (χ4v) is 4.68. The van der Waals surface area contributed by atoms with Gasteiger partial charge in [-0.25, -0.2) is 22.7 Å². The molecule has 1 aliphatic rings. The first kappa shape index (κ1) is 22.8. The summed E-state index contributed by atoms with van der Waals surface area (Å²) in [4.78, 5) is 8.81. The van der Waals surface area contributed by atoms with Crippen LogP contribution < -0.4 is 14.8 Å². The zero-order valence-corrected chi connectivity index (χ0v) is 19.4. The maximum absolute atomic E-state index is 11.8. The lowest BCUT2D eigenvalue weighted by atomic mass is 10.1. The molecule has 1 N–H and O–H groups in total. The van der Waals surface area contributed by atoms with E-state index < -0.39 is 10.0 Å². The van der Waals surface area contributed by atoms with Gasteiger partial charge in [0, 0.05) is 35.8 Å². The number of benzene rings is 2. The third-order valence-corrected chi connectivity index (χ3v) is 6.76. The standard InChI is InChI=1S/C24H26N4O4S/c1-4-17-7-6-8-18(13-17)27-24-20-14-23(22(31-5-2)15-21(20)25-16-26-24)32-19-9-11-28(12-10-19)33(3,29)30/h1,6-8,13-16,19H,5,9-12H2,2-3H3,(H,25,26,27). The summed E-state index contributed by atoms with van der Waals surface area (Å²) >= 11 is 0. The predicted molar refractivity (Wildman–Crippen MR) is 128 cm³/mol. The molecule has 0 radical (unpaired) electrons. The minimum atomic E-state index is -3.19. The first-order valence-electron chi connectivity index (χ1n) is 10.7. The van der Waals surface area contributed by atoms with Crippen molar-refractivity contribution < 1.29 is 17.9 Å². The highest BCUT2D eigenvalue weighted by molar-refractivity contribution is 7.88. The largest absolute Gasteiger partial charge is 0.490 e. The minimum absolute atomic E-state index is 0.118. The normalized spacial score (nSPS) is 15.2. The lowest BCUT2D eigenvalue weighted by Gasteiger charge is -2.31. The van der Waals surface area contributed by atoms with Crippen LogP contribution in [0.4, 0.5) is 11.5 Å². The van der Waals surface area contributed by atoms with Crippen molar-refractivity contribution in [3.05, 3.63) is 48.3 Å².